The van der Waals surface area contributed by atoms with Crippen LogP contribution in [-0.4, -0.2) is 20.8 Å². The van der Waals surface area contributed by atoms with Gasteiger partial charge in [0.05, 0.1) is 6.20 Å². The molecule has 0 atom stereocenters. The summed E-state index contributed by atoms with van der Waals surface area (Å²) in [6, 6.07) is 5.24. The maximum absolute atomic E-state index is 12.3. The van der Waals surface area contributed by atoms with Crippen LogP contribution in [0.5, 0.6) is 0 Å². The van der Waals surface area contributed by atoms with Crippen LogP contribution in [0.25, 0.3) is 0 Å². The summed E-state index contributed by atoms with van der Waals surface area (Å²) >= 11 is 5.95. The van der Waals surface area contributed by atoms with Gasteiger partial charge in [0.2, 0.25) is 5.78 Å². The van der Waals surface area contributed by atoms with Gasteiger partial charge in [-0.25, -0.2) is 4.68 Å². The summed E-state index contributed by atoms with van der Waals surface area (Å²) in [5.41, 5.74) is 2.01. The highest BCUT2D eigenvalue weighted by molar-refractivity contribution is 6.31. The number of nitrogens with zero attached hydrogens (tertiary/aromatic N) is 3. The molecule has 0 saturated carbocycles. The standard InChI is InChI=1S/C13H14ClN3O/c1-3-6-17-12(8-15-16-17)13(18)10-4-5-11(14)9(2)7-10/h4-5,7-8H,3,6H2,1-2H3. The number of aromatic nitrogens is 3. The summed E-state index contributed by atoms with van der Waals surface area (Å²) in [5, 5.41) is 8.36. The summed E-state index contributed by atoms with van der Waals surface area (Å²) in [6.07, 6.45) is 2.41. The number of hydrogen-bond acceptors (Lipinski definition) is 3. The monoisotopic (exact) mass is 263 g/mol. The molecule has 0 aliphatic carbocycles. The van der Waals surface area contributed by atoms with E-state index in [4.69, 9.17) is 11.6 Å². The van der Waals surface area contributed by atoms with E-state index in [0.717, 1.165) is 12.0 Å². The van der Waals surface area contributed by atoms with Crippen molar-refractivity contribution in [2.75, 3.05) is 0 Å². The number of carbonyl (C=O) groups is 1. The summed E-state index contributed by atoms with van der Waals surface area (Å²) in [6.45, 7) is 4.59. The van der Waals surface area contributed by atoms with Crippen LogP contribution in [-0.2, 0) is 6.54 Å². The molecular formula is C13H14ClN3O. The molecule has 0 radical (unpaired) electrons. The maximum atomic E-state index is 12.3. The molecule has 0 fully saturated rings. The fraction of sp³-hybridized carbons (Fsp3) is 0.308. The summed E-state index contributed by atoms with van der Waals surface area (Å²) in [5.74, 6) is -0.0757. The van der Waals surface area contributed by atoms with Gasteiger partial charge in [-0.05, 0) is 37.1 Å². The molecule has 4 nitrogen and oxygen atoms in total. The van der Waals surface area contributed by atoms with Crippen molar-refractivity contribution in [3.63, 3.8) is 0 Å². The minimum Gasteiger partial charge on any atom is -0.287 e. The van der Waals surface area contributed by atoms with Gasteiger partial charge >= 0.3 is 0 Å². The van der Waals surface area contributed by atoms with E-state index >= 15 is 0 Å². The molecule has 5 heteroatoms. The van der Waals surface area contributed by atoms with Gasteiger partial charge in [0.15, 0.2) is 0 Å². The SMILES string of the molecule is CCCn1nncc1C(=O)c1ccc(Cl)c(C)c1. The van der Waals surface area contributed by atoms with Crippen molar-refractivity contribution in [1.82, 2.24) is 15.0 Å². The molecule has 0 N–H and O–H groups in total. The maximum Gasteiger partial charge on any atom is 0.212 e. The van der Waals surface area contributed by atoms with E-state index in [2.05, 4.69) is 10.3 Å². The van der Waals surface area contributed by atoms with Gasteiger partial charge in [0.25, 0.3) is 0 Å². The Morgan fingerprint density at radius 1 is 1.44 bits per heavy atom. The molecule has 0 bridgehead atoms. The Kier molecular flexibility index (Phi) is 3.77. The van der Waals surface area contributed by atoms with Crippen molar-refractivity contribution in [2.24, 2.45) is 0 Å². The first-order valence-electron chi connectivity index (χ1n) is 5.82. The van der Waals surface area contributed by atoms with Gasteiger partial charge in [-0.15, -0.1) is 5.10 Å². The highest BCUT2D eigenvalue weighted by Gasteiger charge is 2.15. The van der Waals surface area contributed by atoms with Crippen LogP contribution < -0.4 is 0 Å². The normalized spacial score (nSPS) is 10.6. The van der Waals surface area contributed by atoms with Gasteiger partial charge in [-0.1, -0.05) is 23.7 Å². The summed E-state index contributed by atoms with van der Waals surface area (Å²) < 4.78 is 1.63. The summed E-state index contributed by atoms with van der Waals surface area (Å²) in [4.78, 5) is 12.3. The zero-order chi connectivity index (χ0) is 13.1. The second-order valence-corrected chi connectivity index (χ2v) is 4.54. The minimum atomic E-state index is -0.0757. The highest BCUT2D eigenvalue weighted by atomic mass is 35.5. The van der Waals surface area contributed by atoms with Crippen molar-refractivity contribution in [3.05, 3.63) is 46.2 Å². The molecule has 0 aliphatic rings. The van der Waals surface area contributed by atoms with E-state index in [1.165, 1.54) is 6.20 Å². The summed E-state index contributed by atoms with van der Waals surface area (Å²) in [7, 11) is 0. The Morgan fingerprint density at radius 3 is 2.89 bits per heavy atom. The molecule has 0 spiro atoms. The lowest BCUT2D eigenvalue weighted by Crippen LogP contribution is -2.11. The zero-order valence-corrected chi connectivity index (χ0v) is 11.1. The molecule has 1 heterocycles. The molecule has 2 rings (SSSR count). The van der Waals surface area contributed by atoms with Crippen molar-refractivity contribution in [2.45, 2.75) is 26.8 Å². The molecule has 2 aromatic rings. The highest BCUT2D eigenvalue weighted by Crippen LogP contribution is 2.18. The molecule has 0 aliphatic heterocycles. The molecule has 94 valence electrons. The number of hydrogen-bond donors (Lipinski definition) is 0. The van der Waals surface area contributed by atoms with Crippen LogP contribution in [0.15, 0.2) is 24.4 Å². The number of rotatable bonds is 4. The molecule has 18 heavy (non-hydrogen) atoms. The predicted octanol–water partition coefficient (Wildman–Crippen LogP) is 2.88. The van der Waals surface area contributed by atoms with Crippen molar-refractivity contribution < 1.29 is 4.79 Å². The first-order valence-corrected chi connectivity index (χ1v) is 6.20. The van der Waals surface area contributed by atoms with Crippen LogP contribution >= 0.6 is 11.6 Å². The van der Waals surface area contributed by atoms with Gasteiger partial charge in [0, 0.05) is 17.1 Å². The van der Waals surface area contributed by atoms with E-state index in [-0.39, 0.29) is 5.78 Å². The predicted molar refractivity (Wildman–Crippen MR) is 69.9 cm³/mol. The molecule has 0 unspecified atom stereocenters. The number of ketones is 1. The molecule has 0 amide bonds. The van der Waals surface area contributed by atoms with Crippen LogP contribution in [0.3, 0.4) is 0 Å². The minimum absolute atomic E-state index is 0.0757. The zero-order valence-electron chi connectivity index (χ0n) is 10.4. The lowest BCUT2D eigenvalue weighted by atomic mass is 10.1. The van der Waals surface area contributed by atoms with Crippen LogP contribution in [0, 0.1) is 6.92 Å². The van der Waals surface area contributed by atoms with Crippen LogP contribution in [0.1, 0.15) is 35.0 Å². The third-order valence-electron chi connectivity index (χ3n) is 2.71. The molecular weight excluding hydrogens is 250 g/mol. The smallest absolute Gasteiger partial charge is 0.212 e. The Morgan fingerprint density at radius 2 is 2.22 bits per heavy atom. The second kappa shape index (κ2) is 5.31. The molecule has 1 aromatic heterocycles. The van der Waals surface area contributed by atoms with Gasteiger partial charge in [-0.3, -0.25) is 4.79 Å². The number of carbonyl (C=O) groups excluding carboxylic acids is 1. The average molecular weight is 264 g/mol. The van der Waals surface area contributed by atoms with E-state index in [9.17, 15) is 4.79 Å². The third kappa shape index (κ3) is 2.43. The topological polar surface area (TPSA) is 47.8 Å². The van der Waals surface area contributed by atoms with Crippen molar-refractivity contribution in [1.29, 1.82) is 0 Å². The van der Waals surface area contributed by atoms with Crippen molar-refractivity contribution >= 4 is 17.4 Å². The second-order valence-electron chi connectivity index (χ2n) is 4.14. The van der Waals surface area contributed by atoms with E-state index in [1.807, 2.05) is 13.8 Å². The van der Waals surface area contributed by atoms with Gasteiger partial charge < -0.3 is 0 Å². The lowest BCUT2D eigenvalue weighted by Gasteiger charge is -2.05. The molecule has 0 saturated heterocycles. The largest absolute Gasteiger partial charge is 0.287 e. The Hall–Kier alpha value is -1.68. The Labute approximate surface area is 111 Å². The average Bonchev–Trinajstić information content (AvgIpc) is 2.80. The number of aryl methyl sites for hydroxylation is 2. The number of benzene rings is 1. The third-order valence-corrected chi connectivity index (χ3v) is 3.13. The van der Waals surface area contributed by atoms with E-state index in [0.29, 0.717) is 22.8 Å². The first kappa shape index (κ1) is 12.8. The fourth-order valence-corrected chi connectivity index (χ4v) is 1.86. The van der Waals surface area contributed by atoms with E-state index in [1.54, 1.807) is 22.9 Å². The van der Waals surface area contributed by atoms with Crippen molar-refractivity contribution in [3.8, 4) is 0 Å². The lowest BCUT2D eigenvalue weighted by molar-refractivity contribution is 0.102. The van der Waals surface area contributed by atoms with Crippen LogP contribution in [0.2, 0.25) is 5.02 Å². The van der Waals surface area contributed by atoms with Gasteiger partial charge in [-0.2, -0.15) is 0 Å². The first-order chi connectivity index (χ1) is 8.63. The Balaban J connectivity index is 2.35. The fourth-order valence-electron chi connectivity index (χ4n) is 1.74. The van der Waals surface area contributed by atoms with Crippen LogP contribution in [0.4, 0.5) is 0 Å². The van der Waals surface area contributed by atoms with Gasteiger partial charge in [0.1, 0.15) is 5.69 Å². The quantitative estimate of drug-likeness (QED) is 0.797. The van der Waals surface area contributed by atoms with E-state index < -0.39 is 0 Å². The number of halogens is 1. The molecule has 1 aromatic carbocycles. The Bertz CT molecular complexity index is 577.